The van der Waals surface area contributed by atoms with Crippen LogP contribution in [0.2, 0.25) is 0 Å². The molecule has 0 saturated carbocycles. The van der Waals surface area contributed by atoms with Crippen molar-refractivity contribution in [2.45, 2.75) is 50.8 Å². The van der Waals surface area contributed by atoms with E-state index >= 15 is 0 Å². The molecule has 1 amide bonds. The van der Waals surface area contributed by atoms with Crippen LogP contribution in [0.1, 0.15) is 53.9 Å². The number of carbonyl (C=O) groups excluding carboxylic acids is 2. The molecule has 156 valence electrons. The van der Waals surface area contributed by atoms with Crippen LogP contribution in [0.4, 0.5) is 9.39 Å². The number of rotatable bonds is 8. The molecular weight excluding hydrogens is 409 g/mol. The van der Waals surface area contributed by atoms with E-state index in [0.717, 1.165) is 35.5 Å². The van der Waals surface area contributed by atoms with Crippen LogP contribution in [0.5, 0.6) is 0 Å². The van der Waals surface area contributed by atoms with Crippen molar-refractivity contribution in [1.29, 1.82) is 0 Å². The van der Waals surface area contributed by atoms with Crippen LogP contribution in [-0.4, -0.2) is 24.2 Å². The van der Waals surface area contributed by atoms with Crippen LogP contribution in [0.25, 0.3) is 0 Å². The van der Waals surface area contributed by atoms with Gasteiger partial charge in [-0.15, -0.1) is 23.1 Å². The van der Waals surface area contributed by atoms with Gasteiger partial charge in [-0.2, -0.15) is 0 Å². The maximum atomic E-state index is 12.9. The minimum absolute atomic E-state index is 0.0955. The molecule has 0 aliphatic heterocycles. The Morgan fingerprint density at radius 3 is 2.79 bits per heavy atom. The first-order valence-corrected chi connectivity index (χ1v) is 11.8. The molecule has 2 aromatic rings. The fourth-order valence-corrected chi connectivity index (χ4v) is 5.67. The second-order valence-corrected chi connectivity index (χ2v) is 9.50. The Labute approximate surface area is 179 Å². The Morgan fingerprint density at radius 1 is 1.31 bits per heavy atom. The summed E-state index contributed by atoms with van der Waals surface area (Å²) in [5, 5.41) is 3.57. The lowest BCUT2D eigenvalue weighted by molar-refractivity contribution is -0.116. The van der Waals surface area contributed by atoms with E-state index in [1.807, 2.05) is 0 Å². The molecule has 1 aromatic carbocycles. The quantitative estimate of drug-likeness (QED) is 0.328. The monoisotopic (exact) mass is 435 g/mol. The third kappa shape index (κ3) is 5.82. The van der Waals surface area contributed by atoms with Gasteiger partial charge >= 0.3 is 5.97 Å². The lowest BCUT2D eigenvalue weighted by Gasteiger charge is -2.18. The van der Waals surface area contributed by atoms with Crippen LogP contribution in [0, 0.1) is 11.7 Å². The van der Waals surface area contributed by atoms with Crippen molar-refractivity contribution in [3.05, 3.63) is 46.1 Å². The van der Waals surface area contributed by atoms with Gasteiger partial charge in [0.1, 0.15) is 10.8 Å². The molecule has 4 nitrogen and oxygen atoms in total. The number of ether oxygens (including phenoxy) is 1. The molecule has 0 radical (unpaired) electrons. The van der Waals surface area contributed by atoms with Crippen molar-refractivity contribution in [2.75, 3.05) is 17.7 Å². The highest BCUT2D eigenvalue weighted by Crippen LogP contribution is 2.40. The standard InChI is InChI=1S/C22H26FNO3S2/c1-3-27-22(26)20-17-11-6-14(2)13-18(17)29-21(20)24-19(25)5-4-12-28-16-9-7-15(23)8-10-16/h7-10,14H,3-6,11-13H2,1-2H3,(H,24,25). The zero-order chi connectivity index (χ0) is 20.8. The second-order valence-electron chi connectivity index (χ2n) is 7.23. The predicted octanol–water partition coefficient (Wildman–Crippen LogP) is 5.70. The topological polar surface area (TPSA) is 55.4 Å². The minimum Gasteiger partial charge on any atom is -0.462 e. The summed E-state index contributed by atoms with van der Waals surface area (Å²) in [5.74, 6) is 0.661. The molecular formula is C22H26FNO3S2. The molecule has 1 atom stereocenters. The molecule has 1 N–H and O–H groups in total. The molecule has 1 heterocycles. The molecule has 1 unspecified atom stereocenters. The molecule has 7 heteroatoms. The number of nitrogens with one attached hydrogen (secondary N) is 1. The largest absolute Gasteiger partial charge is 0.462 e. The summed E-state index contributed by atoms with van der Waals surface area (Å²) >= 11 is 3.11. The first-order valence-electron chi connectivity index (χ1n) is 9.97. The summed E-state index contributed by atoms with van der Waals surface area (Å²) in [6.07, 6.45) is 3.91. The van der Waals surface area contributed by atoms with Crippen LogP contribution in [0.3, 0.4) is 0 Å². The van der Waals surface area contributed by atoms with Gasteiger partial charge in [0.2, 0.25) is 5.91 Å². The summed E-state index contributed by atoms with van der Waals surface area (Å²) < 4.78 is 18.2. The van der Waals surface area contributed by atoms with Gasteiger partial charge in [-0.3, -0.25) is 4.79 Å². The molecule has 1 aliphatic rings. The average Bonchev–Trinajstić information content (AvgIpc) is 3.03. The van der Waals surface area contributed by atoms with E-state index in [4.69, 9.17) is 4.74 Å². The number of halogens is 1. The lowest BCUT2D eigenvalue weighted by Crippen LogP contribution is -2.16. The summed E-state index contributed by atoms with van der Waals surface area (Å²) in [5.41, 5.74) is 1.60. The van der Waals surface area contributed by atoms with Crippen LogP contribution in [-0.2, 0) is 22.4 Å². The molecule has 0 bridgehead atoms. The van der Waals surface area contributed by atoms with Crippen molar-refractivity contribution in [3.8, 4) is 0 Å². The molecule has 1 aliphatic carbocycles. The maximum Gasteiger partial charge on any atom is 0.341 e. The number of thioether (sulfide) groups is 1. The van der Waals surface area contributed by atoms with Gasteiger partial charge in [0, 0.05) is 16.2 Å². The van der Waals surface area contributed by atoms with Gasteiger partial charge in [0.05, 0.1) is 12.2 Å². The zero-order valence-corrected chi connectivity index (χ0v) is 18.4. The number of hydrogen-bond donors (Lipinski definition) is 1. The molecule has 3 rings (SSSR count). The Kier molecular flexibility index (Phi) is 7.72. The van der Waals surface area contributed by atoms with E-state index in [-0.39, 0.29) is 17.7 Å². The number of amides is 1. The first kappa shape index (κ1) is 21.8. The Bertz CT molecular complexity index is 864. The first-order chi connectivity index (χ1) is 14.0. The van der Waals surface area contributed by atoms with Gasteiger partial charge in [0.15, 0.2) is 0 Å². The fourth-order valence-electron chi connectivity index (χ4n) is 3.40. The van der Waals surface area contributed by atoms with Crippen LogP contribution < -0.4 is 5.32 Å². The number of hydrogen-bond acceptors (Lipinski definition) is 5. The highest BCUT2D eigenvalue weighted by molar-refractivity contribution is 7.99. The number of carbonyl (C=O) groups is 2. The highest BCUT2D eigenvalue weighted by Gasteiger charge is 2.29. The van der Waals surface area contributed by atoms with Crippen molar-refractivity contribution in [2.24, 2.45) is 5.92 Å². The van der Waals surface area contributed by atoms with Gasteiger partial charge in [-0.05, 0) is 74.1 Å². The van der Waals surface area contributed by atoms with Crippen molar-refractivity contribution in [3.63, 3.8) is 0 Å². The van der Waals surface area contributed by atoms with E-state index in [1.165, 1.54) is 28.3 Å². The Morgan fingerprint density at radius 2 is 2.07 bits per heavy atom. The van der Waals surface area contributed by atoms with E-state index < -0.39 is 0 Å². The maximum absolute atomic E-state index is 12.9. The molecule has 0 fully saturated rings. The normalized spacial score (nSPS) is 15.6. The SMILES string of the molecule is CCOC(=O)c1c(NC(=O)CCCSc2ccc(F)cc2)sc2c1CCC(C)C2. The third-order valence-corrected chi connectivity index (χ3v) is 7.14. The summed E-state index contributed by atoms with van der Waals surface area (Å²) in [4.78, 5) is 27.1. The van der Waals surface area contributed by atoms with Crippen molar-refractivity contribution in [1.82, 2.24) is 0 Å². The average molecular weight is 436 g/mol. The number of thiophene rings is 1. The number of benzene rings is 1. The van der Waals surface area contributed by atoms with Crippen molar-refractivity contribution < 1.29 is 18.7 Å². The minimum atomic E-state index is -0.346. The fraction of sp³-hybridized carbons (Fsp3) is 0.455. The number of anilines is 1. The lowest BCUT2D eigenvalue weighted by atomic mass is 9.88. The third-order valence-electron chi connectivity index (χ3n) is 4.87. The molecule has 1 aromatic heterocycles. The van der Waals surface area contributed by atoms with E-state index in [1.54, 1.807) is 30.8 Å². The highest BCUT2D eigenvalue weighted by atomic mass is 32.2. The smallest absolute Gasteiger partial charge is 0.341 e. The van der Waals surface area contributed by atoms with E-state index in [2.05, 4.69) is 12.2 Å². The summed E-state index contributed by atoms with van der Waals surface area (Å²) in [6, 6.07) is 6.35. The van der Waals surface area contributed by atoms with Crippen LogP contribution in [0.15, 0.2) is 29.2 Å². The zero-order valence-electron chi connectivity index (χ0n) is 16.8. The number of fused-ring (bicyclic) bond motifs is 1. The van der Waals surface area contributed by atoms with Gasteiger partial charge in [-0.1, -0.05) is 6.92 Å². The van der Waals surface area contributed by atoms with Gasteiger partial charge in [-0.25, -0.2) is 9.18 Å². The second kappa shape index (κ2) is 10.3. The number of esters is 1. The van der Waals surface area contributed by atoms with Gasteiger partial charge in [0.25, 0.3) is 0 Å². The summed E-state index contributed by atoms with van der Waals surface area (Å²) in [7, 11) is 0. The van der Waals surface area contributed by atoms with Gasteiger partial charge < -0.3 is 10.1 Å². The molecule has 29 heavy (non-hydrogen) atoms. The van der Waals surface area contributed by atoms with E-state index in [0.29, 0.717) is 35.9 Å². The molecule has 0 saturated heterocycles. The Balaban J connectivity index is 1.59. The molecule has 0 spiro atoms. The van der Waals surface area contributed by atoms with Crippen molar-refractivity contribution >= 4 is 40.0 Å². The van der Waals surface area contributed by atoms with Crippen LogP contribution >= 0.6 is 23.1 Å². The summed E-state index contributed by atoms with van der Waals surface area (Å²) in [6.45, 7) is 4.31. The predicted molar refractivity (Wildman–Crippen MR) is 116 cm³/mol. The van der Waals surface area contributed by atoms with E-state index in [9.17, 15) is 14.0 Å². The Hall–Kier alpha value is -1.86.